The predicted octanol–water partition coefficient (Wildman–Crippen LogP) is 16.1. The molecule has 3 fully saturated rings. The van der Waals surface area contributed by atoms with Gasteiger partial charge in [0, 0.05) is 10.4 Å². The summed E-state index contributed by atoms with van der Waals surface area (Å²) in [4.78, 5) is 0. The van der Waals surface area contributed by atoms with Gasteiger partial charge >= 0.3 is 0 Å². The number of hydrogen-bond donors (Lipinski definition) is 1. The smallest absolute Gasteiger partial charge is 0.0786 e. The van der Waals surface area contributed by atoms with Crippen LogP contribution in [-0.2, 0) is 10.4 Å². The van der Waals surface area contributed by atoms with Crippen LogP contribution >= 0.6 is 0 Å². The van der Waals surface area contributed by atoms with Crippen LogP contribution in [-0.4, -0.2) is 90.1 Å². The minimum Gasteiger partial charge on any atom is -0.759 e. The first kappa shape index (κ1) is 64.5. The van der Waals surface area contributed by atoms with Crippen molar-refractivity contribution in [1.29, 1.82) is 0 Å². The molecule has 4 aliphatic carbocycles. The Balaban J connectivity index is 0.000000502. The van der Waals surface area contributed by atoms with Gasteiger partial charge in [0.2, 0.25) is 0 Å². The zero-order valence-corrected chi connectivity index (χ0v) is 48.1. The third-order valence-corrected chi connectivity index (χ3v) is 18.2. The minimum absolute atomic E-state index is 0.0766. The van der Waals surface area contributed by atoms with Crippen LogP contribution in [0.4, 0.5) is 0 Å². The van der Waals surface area contributed by atoms with Crippen molar-refractivity contribution >= 4 is 10.4 Å². The Morgan fingerprint density at radius 1 is 0.582 bits per heavy atom. The maximum absolute atomic E-state index is 10.2. The molecule has 1 N–H and O–H groups in total. The molecule has 0 aliphatic heterocycles. The fraction of sp³-hybridized carbons (Fsp3) is 0.966. The number of quaternary nitrogens is 2. The fourth-order valence-electron chi connectivity index (χ4n) is 14.0. The van der Waals surface area contributed by atoms with Gasteiger partial charge in [-0.1, -0.05) is 172 Å². The lowest BCUT2D eigenvalue weighted by molar-refractivity contribution is -0.929. The van der Waals surface area contributed by atoms with Crippen molar-refractivity contribution in [2.45, 2.75) is 269 Å². The second-order valence-electron chi connectivity index (χ2n) is 23.9. The van der Waals surface area contributed by atoms with Gasteiger partial charge in [-0.25, -0.2) is 0 Å². The van der Waals surface area contributed by atoms with Crippen LogP contribution in [0.1, 0.15) is 263 Å². The largest absolute Gasteiger partial charge is 0.759 e. The highest BCUT2D eigenvalue weighted by Gasteiger charge is 2.59. The van der Waals surface area contributed by atoms with Gasteiger partial charge in [0.25, 0.3) is 0 Å². The molecule has 1 unspecified atom stereocenters. The molecule has 67 heavy (non-hydrogen) atoms. The summed E-state index contributed by atoms with van der Waals surface area (Å²) in [5.74, 6) is 5.46. The molecule has 0 bridgehead atoms. The molecule has 0 saturated heterocycles. The van der Waals surface area contributed by atoms with Gasteiger partial charge in [-0.15, -0.1) is 0 Å². The Kier molecular flexibility index (Phi) is 32.7. The Labute approximate surface area is 420 Å². The van der Waals surface area contributed by atoms with Crippen LogP contribution in [0.3, 0.4) is 0 Å². The van der Waals surface area contributed by atoms with Crippen molar-refractivity contribution in [3.63, 3.8) is 0 Å². The second-order valence-corrected chi connectivity index (χ2v) is 24.7. The summed E-state index contributed by atoms with van der Waals surface area (Å²) in [6.45, 7) is 42.6. The molecule has 0 aromatic heterocycles. The van der Waals surface area contributed by atoms with E-state index < -0.39 is 10.4 Å². The summed E-state index contributed by atoms with van der Waals surface area (Å²) < 4.78 is 36.9. The lowest BCUT2D eigenvalue weighted by Gasteiger charge is -2.58. The average molecular weight is 968 g/mol. The van der Waals surface area contributed by atoms with Gasteiger partial charge in [0.15, 0.2) is 0 Å². The zero-order valence-electron chi connectivity index (χ0n) is 47.3. The molecule has 400 valence electrons. The lowest BCUT2D eigenvalue weighted by atomic mass is 9.47. The van der Waals surface area contributed by atoms with Crippen LogP contribution < -0.4 is 0 Å². The van der Waals surface area contributed by atoms with Crippen molar-refractivity contribution in [1.82, 2.24) is 0 Å². The molecule has 3 saturated carbocycles. The van der Waals surface area contributed by atoms with Crippen molar-refractivity contribution in [2.75, 3.05) is 52.4 Å². The van der Waals surface area contributed by atoms with Crippen LogP contribution in [0, 0.1) is 46.3 Å². The van der Waals surface area contributed by atoms with E-state index in [4.69, 9.17) is 17.5 Å². The van der Waals surface area contributed by atoms with E-state index in [0.717, 1.165) is 48.3 Å². The monoisotopic (exact) mass is 967 g/mol. The third-order valence-electron chi connectivity index (χ3n) is 18.2. The van der Waals surface area contributed by atoms with Crippen LogP contribution in [0.15, 0.2) is 11.6 Å². The molecule has 0 heterocycles. The molecule has 0 radical (unpaired) electrons. The van der Waals surface area contributed by atoms with E-state index in [0.29, 0.717) is 10.8 Å². The van der Waals surface area contributed by atoms with E-state index in [1.165, 1.54) is 222 Å². The van der Waals surface area contributed by atoms with Gasteiger partial charge < -0.3 is 23.2 Å². The van der Waals surface area contributed by atoms with E-state index in [9.17, 15) is 5.11 Å². The Morgan fingerprint density at radius 2 is 0.970 bits per heavy atom. The third kappa shape index (κ3) is 22.8. The Hall–Kier alpha value is -0.510. The first-order chi connectivity index (χ1) is 31.7. The predicted molar refractivity (Wildman–Crippen MR) is 288 cm³/mol. The molecule has 0 aromatic rings. The number of nitrogens with zero attached hydrogens (tertiary/aromatic N) is 2. The minimum atomic E-state index is -5.17. The Morgan fingerprint density at radius 3 is 1.33 bits per heavy atom. The zero-order chi connectivity index (χ0) is 50.6. The Bertz CT molecular complexity index is 1270. The summed E-state index contributed by atoms with van der Waals surface area (Å²) in [7, 11) is -5.17. The molecule has 4 aliphatic rings. The number of allylic oxidation sites excluding steroid dienone is 1. The van der Waals surface area contributed by atoms with E-state index in [2.05, 4.69) is 96.1 Å². The van der Waals surface area contributed by atoms with E-state index in [1.807, 2.05) is 0 Å². The van der Waals surface area contributed by atoms with Gasteiger partial charge in [-0.05, 0) is 149 Å². The summed E-state index contributed by atoms with van der Waals surface area (Å²) in [5, 5.41) is 10.2. The number of rotatable bonds is 29. The number of fused-ring (bicyclic) bond motifs is 5. The maximum Gasteiger partial charge on any atom is 0.0786 e. The van der Waals surface area contributed by atoms with Gasteiger partial charge in [-0.3, -0.25) is 8.42 Å². The summed E-state index contributed by atoms with van der Waals surface area (Å²) in [5.41, 5.74) is 2.60. The summed E-state index contributed by atoms with van der Waals surface area (Å²) >= 11 is 0. The van der Waals surface area contributed by atoms with Crippen LogP contribution in [0.2, 0.25) is 0 Å². The molecule has 8 heteroatoms. The van der Waals surface area contributed by atoms with Crippen molar-refractivity contribution in [3.05, 3.63) is 11.6 Å². The van der Waals surface area contributed by atoms with Crippen LogP contribution in [0.5, 0.6) is 0 Å². The second kappa shape index (κ2) is 34.0. The quantitative estimate of drug-likeness (QED) is 0.0348. The van der Waals surface area contributed by atoms with Gasteiger partial charge in [0.1, 0.15) is 0 Å². The van der Waals surface area contributed by atoms with E-state index in [-0.39, 0.29) is 6.10 Å². The first-order valence-electron chi connectivity index (χ1n) is 29.5. The highest BCUT2D eigenvalue weighted by atomic mass is 32.3. The SMILES string of the molecule is CC(C)CCCC(C)[C@H]1CC[C@H]2[C@@H]3CC=C4C[C@@H](O)CC[C@]4(C)[C@H]3CC[C@]12C.CCCC[N+](CCCC)(CCCC)CCCC.CCCC[N+](CCCC)(CCCC)CCCC.O=S(=O)([O-])[O-]. The number of aliphatic hydroxyl groups is 1. The number of hydrogen-bond acceptors (Lipinski definition) is 5. The molecule has 4 rings (SSSR count). The molecule has 0 spiro atoms. The maximum atomic E-state index is 10.2. The summed E-state index contributed by atoms with van der Waals surface area (Å²) in [6, 6.07) is 0. The van der Waals surface area contributed by atoms with E-state index >= 15 is 0 Å². The number of aliphatic hydroxyl groups excluding tert-OH is 1. The molecule has 8 atom stereocenters. The number of unbranched alkanes of at least 4 members (excludes halogenated alkanes) is 8. The lowest BCUT2D eigenvalue weighted by Crippen LogP contribution is -2.50. The van der Waals surface area contributed by atoms with Gasteiger partial charge in [0.05, 0.1) is 58.5 Å². The fourth-order valence-corrected chi connectivity index (χ4v) is 14.0. The normalized spacial score (nSPS) is 26.4. The standard InChI is InChI=1S/C27H46O.2C16H36N.H2O4S/c1-18(2)7-6-8-19(3)23-11-12-24-22-10-9-20-17-21(28)13-15-26(20,4)25(22)14-16-27(23,24)5;2*1-5-9-13-17(14-10-6-2,15-11-7-3)16-12-8-4;1-5(2,3)4/h9,18-19,21-25,28H,6-8,10-17H2,1-5H3;2*5-16H2,1-4H3;(H2,1,2,3,4)/q;2*+1;/p-2/t19?,21-,22-,23+,24-,25-,26-,27+;;;/m0.../s1. The molecule has 7 nitrogen and oxygen atoms in total. The van der Waals surface area contributed by atoms with Crippen molar-refractivity contribution in [3.8, 4) is 0 Å². The highest BCUT2D eigenvalue weighted by Crippen LogP contribution is 2.67. The van der Waals surface area contributed by atoms with Crippen molar-refractivity contribution < 1.29 is 31.6 Å². The highest BCUT2D eigenvalue weighted by molar-refractivity contribution is 7.79. The topological polar surface area (TPSA) is 100 Å². The molecule has 0 aromatic carbocycles. The molecular formula is C59H118N2O5S. The van der Waals surface area contributed by atoms with Gasteiger partial charge in [-0.2, -0.15) is 0 Å². The van der Waals surface area contributed by atoms with Crippen LogP contribution in [0.25, 0.3) is 0 Å². The van der Waals surface area contributed by atoms with Crippen molar-refractivity contribution in [2.24, 2.45) is 46.3 Å². The van der Waals surface area contributed by atoms with E-state index in [1.54, 1.807) is 5.57 Å². The average Bonchev–Trinajstić information content (AvgIpc) is 3.65. The molecular weight excluding hydrogens is 849 g/mol. The first-order valence-corrected chi connectivity index (χ1v) is 30.8. The molecule has 0 amide bonds. The summed E-state index contributed by atoms with van der Waals surface area (Å²) in [6.07, 6.45) is 39.3.